The van der Waals surface area contributed by atoms with Gasteiger partial charge in [0.15, 0.2) is 0 Å². The Hall–Kier alpha value is -2.04. The van der Waals surface area contributed by atoms with E-state index in [2.05, 4.69) is 10.6 Å². The number of hydrogen-bond donors (Lipinski definition) is 2. The minimum atomic E-state index is -0.579. The van der Waals surface area contributed by atoms with Crippen molar-refractivity contribution in [1.29, 1.82) is 0 Å². The number of benzene rings is 1. The third-order valence-corrected chi connectivity index (χ3v) is 3.02. The predicted molar refractivity (Wildman–Crippen MR) is 82.4 cm³/mol. The van der Waals surface area contributed by atoms with Crippen LogP contribution in [0.4, 0.5) is 0 Å². The molecule has 0 fully saturated rings. The second-order valence-corrected chi connectivity index (χ2v) is 5.56. The number of rotatable bonds is 6. The molecule has 0 aliphatic heterocycles. The van der Waals surface area contributed by atoms with Crippen molar-refractivity contribution in [2.75, 3.05) is 7.11 Å². The molecule has 1 aromatic carbocycles. The van der Waals surface area contributed by atoms with E-state index in [0.29, 0.717) is 11.3 Å². The molecule has 0 saturated heterocycles. The van der Waals surface area contributed by atoms with E-state index >= 15 is 0 Å². The van der Waals surface area contributed by atoms with Gasteiger partial charge in [-0.3, -0.25) is 9.59 Å². The van der Waals surface area contributed by atoms with Gasteiger partial charge < -0.3 is 15.4 Å². The molecule has 0 unspecified atom stereocenters. The lowest BCUT2D eigenvalue weighted by atomic mass is 10.0. The van der Waals surface area contributed by atoms with Gasteiger partial charge in [0.2, 0.25) is 5.91 Å². The fourth-order valence-electron chi connectivity index (χ4n) is 1.96. The summed E-state index contributed by atoms with van der Waals surface area (Å²) in [6, 6.07) is 6.39. The molecule has 0 aliphatic rings. The molecule has 21 heavy (non-hydrogen) atoms. The third kappa shape index (κ3) is 4.77. The van der Waals surface area contributed by atoms with E-state index in [4.69, 9.17) is 4.74 Å². The first kappa shape index (κ1) is 17.0. The van der Waals surface area contributed by atoms with E-state index in [-0.39, 0.29) is 23.8 Å². The van der Waals surface area contributed by atoms with E-state index in [9.17, 15) is 9.59 Å². The highest BCUT2D eigenvalue weighted by Crippen LogP contribution is 2.17. The Bertz CT molecular complexity index is 498. The maximum atomic E-state index is 12.4. The number of ether oxygens (including phenoxy) is 1. The van der Waals surface area contributed by atoms with Crippen molar-refractivity contribution in [3.05, 3.63) is 29.8 Å². The fraction of sp³-hybridized carbons (Fsp3) is 0.500. The Labute approximate surface area is 126 Å². The molecule has 2 N–H and O–H groups in total. The van der Waals surface area contributed by atoms with Crippen LogP contribution in [0.2, 0.25) is 0 Å². The number of hydrogen-bond acceptors (Lipinski definition) is 3. The van der Waals surface area contributed by atoms with Crippen LogP contribution in [0.1, 0.15) is 38.1 Å². The molecule has 0 radical (unpaired) electrons. The van der Waals surface area contributed by atoms with E-state index in [0.717, 1.165) is 0 Å². The maximum absolute atomic E-state index is 12.4. The zero-order chi connectivity index (χ0) is 16.0. The summed E-state index contributed by atoms with van der Waals surface area (Å²) in [5.74, 6) is -0.0162. The summed E-state index contributed by atoms with van der Waals surface area (Å²) >= 11 is 0. The minimum absolute atomic E-state index is 0.0117. The molecule has 1 aromatic rings. The second-order valence-electron chi connectivity index (χ2n) is 5.56. The molecule has 5 nitrogen and oxygen atoms in total. The van der Waals surface area contributed by atoms with Gasteiger partial charge in [0.1, 0.15) is 11.8 Å². The van der Waals surface area contributed by atoms with Gasteiger partial charge in [0, 0.05) is 6.04 Å². The summed E-state index contributed by atoms with van der Waals surface area (Å²) in [7, 11) is 1.51. The number of para-hydroxylation sites is 1. The van der Waals surface area contributed by atoms with Crippen molar-refractivity contribution in [2.45, 2.75) is 39.8 Å². The molecule has 0 saturated carbocycles. The zero-order valence-electron chi connectivity index (χ0n) is 13.3. The molecule has 1 atom stereocenters. The molecular formula is C16H24N2O3. The van der Waals surface area contributed by atoms with Crippen molar-refractivity contribution in [3.8, 4) is 5.75 Å². The van der Waals surface area contributed by atoms with Crippen LogP contribution >= 0.6 is 0 Å². The van der Waals surface area contributed by atoms with Crippen LogP contribution in [0.3, 0.4) is 0 Å². The van der Waals surface area contributed by atoms with Gasteiger partial charge in [-0.2, -0.15) is 0 Å². The van der Waals surface area contributed by atoms with E-state index in [1.165, 1.54) is 7.11 Å². The molecule has 2 amide bonds. The normalized spacial score (nSPS) is 12.1. The SMILES string of the molecule is COc1ccccc1C(=O)N[C@@H](C(=O)NC(C)C)C(C)C. The number of carbonyl (C=O) groups excluding carboxylic acids is 2. The standard InChI is InChI=1S/C16H24N2O3/c1-10(2)14(16(20)17-11(3)4)18-15(19)12-8-6-7-9-13(12)21-5/h6-11,14H,1-5H3,(H,17,20)(H,18,19)/t14-/m1/s1. The van der Waals surface area contributed by atoms with Crippen LogP contribution < -0.4 is 15.4 Å². The number of nitrogens with one attached hydrogen (secondary N) is 2. The topological polar surface area (TPSA) is 67.4 Å². The summed E-state index contributed by atoms with van der Waals surface area (Å²) in [6.45, 7) is 7.56. The van der Waals surface area contributed by atoms with E-state index in [1.807, 2.05) is 27.7 Å². The van der Waals surface area contributed by atoms with Gasteiger partial charge in [0.25, 0.3) is 5.91 Å². The summed E-state index contributed by atoms with van der Waals surface area (Å²) in [4.78, 5) is 24.5. The first-order valence-electron chi connectivity index (χ1n) is 7.11. The van der Waals surface area contributed by atoms with Crippen molar-refractivity contribution in [3.63, 3.8) is 0 Å². The summed E-state index contributed by atoms with van der Waals surface area (Å²) in [6.07, 6.45) is 0. The summed E-state index contributed by atoms with van der Waals surface area (Å²) in [5, 5.41) is 5.61. The molecule has 0 aromatic heterocycles. The van der Waals surface area contributed by atoms with Gasteiger partial charge >= 0.3 is 0 Å². The molecule has 0 bridgehead atoms. The van der Waals surface area contributed by atoms with Crippen LogP contribution in [0.5, 0.6) is 5.75 Å². The van der Waals surface area contributed by atoms with Gasteiger partial charge in [-0.1, -0.05) is 26.0 Å². The van der Waals surface area contributed by atoms with Crippen LogP contribution in [0.25, 0.3) is 0 Å². The highest BCUT2D eigenvalue weighted by molar-refractivity contribution is 5.99. The van der Waals surface area contributed by atoms with Crippen molar-refractivity contribution >= 4 is 11.8 Å². The van der Waals surface area contributed by atoms with Gasteiger partial charge in [0.05, 0.1) is 12.7 Å². The number of carbonyl (C=O) groups is 2. The smallest absolute Gasteiger partial charge is 0.255 e. The minimum Gasteiger partial charge on any atom is -0.496 e. The molecule has 5 heteroatoms. The third-order valence-electron chi connectivity index (χ3n) is 3.02. The van der Waals surface area contributed by atoms with Crippen molar-refractivity contribution < 1.29 is 14.3 Å². The Morgan fingerprint density at radius 2 is 1.67 bits per heavy atom. The van der Waals surface area contributed by atoms with Crippen LogP contribution in [-0.2, 0) is 4.79 Å². The van der Waals surface area contributed by atoms with E-state index in [1.54, 1.807) is 24.3 Å². The summed E-state index contributed by atoms with van der Waals surface area (Å²) < 4.78 is 5.17. The average Bonchev–Trinajstić information content (AvgIpc) is 2.43. The lowest BCUT2D eigenvalue weighted by molar-refractivity contribution is -0.124. The second kappa shape index (κ2) is 7.67. The Morgan fingerprint density at radius 3 is 2.19 bits per heavy atom. The lowest BCUT2D eigenvalue weighted by Gasteiger charge is -2.23. The summed E-state index contributed by atoms with van der Waals surface area (Å²) in [5.41, 5.74) is 0.419. The number of amides is 2. The molecule has 1 rings (SSSR count). The quantitative estimate of drug-likeness (QED) is 0.842. The van der Waals surface area contributed by atoms with Crippen molar-refractivity contribution in [1.82, 2.24) is 10.6 Å². The predicted octanol–water partition coefficient (Wildman–Crippen LogP) is 1.97. The monoisotopic (exact) mass is 292 g/mol. The first-order chi connectivity index (χ1) is 9.86. The van der Waals surface area contributed by atoms with Gasteiger partial charge in [-0.25, -0.2) is 0 Å². The zero-order valence-corrected chi connectivity index (χ0v) is 13.3. The van der Waals surface area contributed by atoms with Crippen LogP contribution in [-0.4, -0.2) is 31.0 Å². The molecule has 116 valence electrons. The largest absolute Gasteiger partial charge is 0.496 e. The highest BCUT2D eigenvalue weighted by atomic mass is 16.5. The van der Waals surface area contributed by atoms with Gasteiger partial charge in [-0.15, -0.1) is 0 Å². The molecular weight excluding hydrogens is 268 g/mol. The fourth-order valence-corrected chi connectivity index (χ4v) is 1.96. The van der Waals surface area contributed by atoms with Crippen LogP contribution in [0, 0.1) is 5.92 Å². The van der Waals surface area contributed by atoms with Crippen LogP contribution in [0.15, 0.2) is 24.3 Å². The number of methoxy groups -OCH3 is 1. The lowest BCUT2D eigenvalue weighted by Crippen LogP contribution is -2.51. The maximum Gasteiger partial charge on any atom is 0.255 e. The molecule has 0 heterocycles. The highest BCUT2D eigenvalue weighted by Gasteiger charge is 2.25. The average molecular weight is 292 g/mol. The Morgan fingerprint density at radius 1 is 1.05 bits per heavy atom. The first-order valence-corrected chi connectivity index (χ1v) is 7.11. The van der Waals surface area contributed by atoms with E-state index < -0.39 is 6.04 Å². The Kier molecular flexibility index (Phi) is 6.21. The van der Waals surface area contributed by atoms with Crippen molar-refractivity contribution in [2.24, 2.45) is 5.92 Å². The Balaban J connectivity index is 2.89. The van der Waals surface area contributed by atoms with Gasteiger partial charge in [-0.05, 0) is 31.9 Å². The molecule has 0 aliphatic carbocycles. The molecule has 0 spiro atoms.